The molecular weight excluding hydrogens is 168 g/mol. The average Bonchev–Trinajstić information content (AvgIpc) is 2.52. The van der Waals surface area contributed by atoms with Crippen LogP contribution in [0.3, 0.4) is 0 Å². The van der Waals surface area contributed by atoms with Crippen molar-refractivity contribution < 1.29 is 9.52 Å². The number of rotatable bonds is 4. The summed E-state index contributed by atoms with van der Waals surface area (Å²) in [5.74, 6) is -0.0695. The van der Waals surface area contributed by atoms with Crippen molar-refractivity contribution in [3.63, 3.8) is 0 Å². The zero-order chi connectivity index (χ0) is 9.84. The first-order valence-electron chi connectivity index (χ1n) is 4.20. The molecule has 13 heavy (non-hydrogen) atoms. The number of hydrogen-bond acceptors (Lipinski definition) is 4. The van der Waals surface area contributed by atoms with Crippen LogP contribution in [0.25, 0.3) is 5.76 Å². The van der Waals surface area contributed by atoms with Crippen molar-refractivity contribution in [2.75, 3.05) is 18.5 Å². The zero-order valence-electron chi connectivity index (χ0n) is 7.95. The molecule has 0 aliphatic rings. The molecule has 0 radical (unpaired) electrons. The van der Waals surface area contributed by atoms with Gasteiger partial charge in [0.1, 0.15) is 17.7 Å². The van der Waals surface area contributed by atoms with Crippen LogP contribution in [0, 0.1) is 0 Å². The van der Waals surface area contributed by atoms with E-state index >= 15 is 0 Å². The molecule has 72 valence electrons. The minimum atomic E-state index is -0.0695. The SMILES string of the molecule is C=C(O)c1coc(N(C)CCC)n1. The van der Waals surface area contributed by atoms with E-state index in [1.165, 1.54) is 6.26 Å². The van der Waals surface area contributed by atoms with E-state index in [1.807, 2.05) is 11.9 Å². The molecule has 0 saturated carbocycles. The van der Waals surface area contributed by atoms with Gasteiger partial charge in [-0.3, -0.25) is 0 Å². The molecule has 0 atom stereocenters. The Labute approximate surface area is 77.5 Å². The van der Waals surface area contributed by atoms with E-state index in [-0.39, 0.29) is 5.76 Å². The van der Waals surface area contributed by atoms with Crippen LogP contribution in [0.15, 0.2) is 17.3 Å². The Hall–Kier alpha value is -1.45. The third-order valence-electron chi connectivity index (χ3n) is 1.67. The summed E-state index contributed by atoms with van der Waals surface area (Å²) < 4.78 is 5.13. The van der Waals surface area contributed by atoms with Crippen LogP contribution >= 0.6 is 0 Å². The maximum Gasteiger partial charge on any atom is 0.297 e. The average molecular weight is 182 g/mol. The summed E-state index contributed by atoms with van der Waals surface area (Å²) in [7, 11) is 1.89. The number of anilines is 1. The topological polar surface area (TPSA) is 49.5 Å². The molecule has 1 N–H and O–H groups in total. The second-order valence-electron chi connectivity index (χ2n) is 2.88. The van der Waals surface area contributed by atoms with Gasteiger partial charge in [0.2, 0.25) is 0 Å². The lowest BCUT2D eigenvalue weighted by molar-refractivity contribution is 0.508. The highest BCUT2D eigenvalue weighted by Gasteiger charge is 2.08. The molecule has 0 spiro atoms. The third kappa shape index (κ3) is 2.24. The van der Waals surface area contributed by atoms with E-state index in [4.69, 9.17) is 9.52 Å². The van der Waals surface area contributed by atoms with Gasteiger partial charge in [0.05, 0.1) is 0 Å². The summed E-state index contributed by atoms with van der Waals surface area (Å²) in [5, 5.41) is 9.01. The highest BCUT2D eigenvalue weighted by Crippen LogP contribution is 2.15. The molecule has 0 unspecified atom stereocenters. The predicted molar refractivity (Wildman–Crippen MR) is 51.7 cm³/mol. The fraction of sp³-hybridized carbons (Fsp3) is 0.444. The van der Waals surface area contributed by atoms with Gasteiger partial charge >= 0.3 is 0 Å². The number of oxazole rings is 1. The normalized spacial score (nSPS) is 10.0. The first-order valence-corrected chi connectivity index (χ1v) is 4.20. The number of aromatic nitrogens is 1. The summed E-state index contributed by atoms with van der Waals surface area (Å²) in [6, 6.07) is 0.507. The van der Waals surface area contributed by atoms with E-state index in [9.17, 15) is 0 Å². The Bertz CT molecular complexity index is 294. The number of hydrogen-bond donors (Lipinski definition) is 1. The monoisotopic (exact) mass is 182 g/mol. The molecule has 1 rings (SSSR count). The van der Waals surface area contributed by atoms with E-state index in [2.05, 4.69) is 18.5 Å². The van der Waals surface area contributed by atoms with Gasteiger partial charge in [0, 0.05) is 13.6 Å². The molecule has 0 amide bonds. The van der Waals surface area contributed by atoms with Crippen LogP contribution in [-0.2, 0) is 0 Å². The quantitative estimate of drug-likeness (QED) is 0.724. The van der Waals surface area contributed by atoms with Crippen molar-refractivity contribution in [1.29, 1.82) is 0 Å². The van der Waals surface area contributed by atoms with Crippen LogP contribution in [0.1, 0.15) is 19.0 Å². The largest absolute Gasteiger partial charge is 0.506 e. The molecule has 4 heteroatoms. The highest BCUT2D eigenvalue weighted by atomic mass is 16.4. The molecule has 0 aliphatic carbocycles. The molecule has 0 aliphatic heterocycles. The van der Waals surface area contributed by atoms with Gasteiger partial charge in [0.15, 0.2) is 0 Å². The van der Waals surface area contributed by atoms with Crippen LogP contribution < -0.4 is 4.90 Å². The lowest BCUT2D eigenvalue weighted by atomic mass is 10.4. The van der Waals surface area contributed by atoms with Crippen LogP contribution in [0.2, 0.25) is 0 Å². The zero-order valence-corrected chi connectivity index (χ0v) is 7.95. The smallest absolute Gasteiger partial charge is 0.297 e. The Morgan fingerprint density at radius 3 is 2.92 bits per heavy atom. The maximum absolute atomic E-state index is 9.01. The summed E-state index contributed by atoms with van der Waals surface area (Å²) in [4.78, 5) is 5.92. The van der Waals surface area contributed by atoms with Gasteiger partial charge in [-0.2, -0.15) is 4.98 Å². The lowest BCUT2D eigenvalue weighted by Crippen LogP contribution is -2.17. The molecule has 0 aromatic carbocycles. The third-order valence-corrected chi connectivity index (χ3v) is 1.67. The summed E-state index contributed by atoms with van der Waals surface area (Å²) in [6.07, 6.45) is 2.41. The molecule has 0 saturated heterocycles. The Balaban J connectivity index is 2.73. The number of nitrogens with zero attached hydrogens (tertiary/aromatic N) is 2. The van der Waals surface area contributed by atoms with Gasteiger partial charge < -0.3 is 14.4 Å². The molecule has 1 heterocycles. The Kier molecular flexibility index (Phi) is 2.95. The Morgan fingerprint density at radius 1 is 1.77 bits per heavy atom. The van der Waals surface area contributed by atoms with Crippen LogP contribution in [0.4, 0.5) is 6.01 Å². The standard InChI is InChI=1S/C9H14N2O2/c1-4-5-11(3)9-10-8(6-13-9)7(2)12/h6,12H,2,4-5H2,1,3H3. The van der Waals surface area contributed by atoms with Crippen molar-refractivity contribution in [2.24, 2.45) is 0 Å². The van der Waals surface area contributed by atoms with E-state index in [0.717, 1.165) is 13.0 Å². The molecule has 1 aromatic heterocycles. The molecule has 4 nitrogen and oxygen atoms in total. The highest BCUT2D eigenvalue weighted by molar-refractivity contribution is 5.52. The van der Waals surface area contributed by atoms with Gasteiger partial charge in [-0.1, -0.05) is 13.5 Å². The van der Waals surface area contributed by atoms with Crippen molar-refractivity contribution >= 4 is 11.8 Å². The van der Waals surface area contributed by atoms with Crippen molar-refractivity contribution in [3.8, 4) is 0 Å². The number of aliphatic hydroxyl groups excluding tert-OH is 1. The molecular formula is C9H14N2O2. The van der Waals surface area contributed by atoms with Crippen LogP contribution in [-0.4, -0.2) is 23.7 Å². The molecule has 0 bridgehead atoms. The first-order chi connectivity index (χ1) is 6.15. The second kappa shape index (κ2) is 3.98. The summed E-state index contributed by atoms with van der Waals surface area (Å²) in [5.41, 5.74) is 0.387. The molecule has 0 fully saturated rings. The van der Waals surface area contributed by atoms with Crippen molar-refractivity contribution in [1.82, 2.24) is 4.98 Å². The fourth-order valence-corrected chi connectivity index (χ4v) is 1.00. The van der Waals surface area contributed by atoms with E-state index in [0.29, 0.717) is 11.7 Å². The van der Waals surface area contributed by atoms with Gasteiger partial charge in [-0.05, 0) is 6.42 Å². The lowest BCUT2D eigenvalue weighted by Gasteiger charge is -2.11. The van der Waals surface area contributed by atoms with Crippen LogP contribution in [0.5, 0.6) is 0 Å². The van der Waals surface area contributed by atoms with Gasteiger partial charge in [-0.25, -0.2) is 0 Å². The fourth-order valence-electron chi connectivity index (χ4n) is 1.00. The number of aliphatic hydroxyl groups is 1. The van der Waals surface area contributed by atoms with Crippen molar-refractivity contribution in [3.05, 3.63) is 18.5 Å². The minimum Gasteiger partial charge on any atom is -0.506 e. The summed E-state index contributed by atoms with van der Waals surface area (Å²) in [6.45, 7) is 6.31. The van der Waals surface area contributed by atoms with Gasteiger partial charge in [0.25, 0.3) is 6.01 Å². The predicted octanol–water partition coefficient (Wildman–Crippen LogP) is 2.05. The van der Waals surface area contributed by atoms with Gasteiger partial charge in [-0.15, -0.1) is 0 Å². The molecule has 1 aromatic rings. The van der Waals surface area contributed by atoms with E-state index in [1.54, 1.807) is 0 Å². The minimum absolute atomic E-state index is 0.0695. The second-order valence-corrected chi connectivity index (χ2v) is 2.88. The Morgan fingerprint density at radius 2 is 2.46 bits per heavy atom. The first kappa shape index (κ1) is 9.64. The maximum atomic E-state index is 9.01. The summed E-state index contributed by atoms with van der Waals surface area (Å²) >= 11 is 0. The van der Waals surface area contributed by atoms with Crippen molar-refractivity contribution in [2.45, 2.75) is 13.3 Å². The van der Waals surface area contributed by atoms with E-state index < -0.39 is 0 Å².